The van der Waals surface area contributed by atoms with Crippen molar-refractivity contribution in [2.45, 2.75) is 33.4 Å². The average molecular weight is 414 g/mol. The van der Waals surface area contributed by atoms with Crippen LogP contribution in [0.1, 0.15) is 47.1 Å². The van der Waals surface area contributed by atoms with Crippen LogP contribution in [-0.2, 0) is 11.3 Å². The van der Waals surface area contributed by atoms with E-state index in [1.807, 2.05) is 32.0 Å². The smallest absolute Gasteiger partial charge is 0.272 e. The van der Waals surface area contributed by atoms with Gasteiger partial charge in [0, 0.05) is 26.2 Å². The Labute approximate surface area is 180 Å². The molecule has 1 N–H and O–H groups in total. The summed E-state index contributed by atoms with van der Waals surface area (Å²) in [5.74, 6) is -0.315. The number of nitriles is 1. The van der Waals surface area contributed by atoms with E-state index in [0.717, 1.165) is 11.1 Å². The second-order valence-corrected chi connectivity index (χ2v) is 7.79. The molecule has 1 aliphatic rings. The lowest BCUT2D eigenvalue weighted by atomic mass is 10.1. The monoisotopic (exact) mass is 414 g/mol. The summed E-state index contributed by atoms with van der Waals surface area (Å²) in [6.07, 6.45) is 1.71. The number of nitrogens with one attached hydrogen (secondary N) is 1. The summed E-state index contributed by atoms with van der Waals surface area (Å²) in [6.45, 7) is 6.32. The number of aromatic nitrogens is 3. The number of aryl methyl sites for hydroxylation is 1. The van der Waals surface area contributed by atoms with Crippen LogP contribution < -0.4 is 5.32 Å². The van der Waals surface area contributed by atoms with Gasteiger partial charge in [0.05, 0.1) is 23.4 Å². The number of carbonyl (C=O) groups excluding carboxylic acids is 2. The summed E-state index contributed by atoms with van der Waals surface area (Å²) >= 11 is 0. The van der Waals surface area contributed by atoms with Crippen LogP contribution in [-0.4, -0.2) is 38.0 Å². The Balaban J connectivity index is 1.65. The normalized spacial score (nSPS) is 15.4. The molecule has 1 atom stereocenters. The third-order valence-electron chi connectivity index (χ3n) is 5.18. The van der Waals surface area contributed by atoms with Gasteiger partial charge in [-0.1, -0.05) is 12.1 Å². The molecular weight excluding hydrogens is 392 g/mol. The fourth-order valence-electron chi connectivity index (χ4n) is 3.75. The molecule has 2 amide bonds. The molecule has 0 fully saturated rings. The maximum Gasteiger partial charge on any atom is 0.272 e. The van der Waals surface area contributed by atoms with Gasteiger partial charge in [0.1, 0.15) is 17.1 Å². The average Bonchev–Trinajstić information content (AvgIpc) is 3.18. The molecule has 3 aromatic rings. The summed E-state index contributed by atoms with van der Waals surface area (Å²) < 4.78 is 1.73. The fourth-order valence-corrected chi connectivity index (χ4v) is 3.75. The Morgan fingerprint density at radius 1 is 1.29 bits per heavy atom. The topological polar surface area (TPSA) is 104 Å². The first-order valence-electron chi connectivity index (χ1n) is 9.98. The largest absolute Gasteiger partial charge is 0.331 e. The molecule has 0 bridgehead atoms. The molecule has 2 aromatic heterocycles. The first kappa shape index (κ1) is 20.3. The van der Waals surface area contributed by atoms with Crippen molar-refractivity contribution in [1.29, 1.82) is 5.26 Å². The number of anilines is 1. The number of hydrogen-bond acceptors (Lipinski definition) is 5. The van der Waals surface area contributed by atoms with Crippen molar-refractivity contribution in [3.63, 3.8) is 0 Å². The minimum Gasteiger partial charge on any atom is -0.331 e. The van der Waals surface area contributed by atoms with Crippen molar-refractivity contribution in [3.8, 4) is 17.5 Å². The summed E-state index contributed by atoms with van der Waals surface area (Å²) in [5, 5.41) is 16.4. The molecule has 1 aliphatic heterocycles. The second kappa shape index (κ2) is 8.03. The third kappa shape index (κ3) is 4.03. The Bertz CT molecular complexity index is 1210. The zero-order valence-corrected chi connectivity index (χ0v) is 17.6. The van der Waals surface area contributed by atoms with Crippen LogP contribution in [0.2, 0.25) is 0 Å². The van der Waals surface area contributed by atoms with Gasteiger partial charge in [0.15, 0.2) is 0 Å². The summed E-state index contributed by atoms with van der Waals surface area (Å²) in [7, 11) is 0. The number of amides is 2. The quantitative estimate of drug-likeness (QED) is 0.705. The van der Waals surface area contributed by atoms with E-state index in [4.69, 9.17) is 5.26 Å². The molecule has 1 aromatic carbocycles. The van der Waals surface area contributed by atoms with E-state index in [2.05, 4.69) is 21.5 Å². The maximum atomic E-state index is 13.2. The Morgan fingerprint density at radius 3 is 2.71 bits per heavy atom. The molecule has 156 valence electrons. The molecule has 31 heavy (non-hydrogen) atoms. The highest BCUT2D eigenvalue weighted by Crippen LogP contribution is 2.30. The van der Waals surface area contributed by atoms with Crippen LogP contribution in [0.25, 0.3) is 11.4 Å². The highest BCUT2D eigenvalue weighted by molar-refractivity contribution is 5.96. The molecule has 8 nitrogen and oxygen atoms in total. The van der Waals surface area contributed by atoms with Gasteiger partial charge in [-0.3, -0.25) is 19.3 Å². The van der Waals surface area contributed by atoms with Gasteiger partial charge >= 0.3 is 0 Å². The Morgan fingerprint density at radius 2 is 2.03 bits per heavy atom. The molecule has 1 unspecified atom stereocenters. The van der Waals surface area contributed by atoms with Crippen molar-refractivity contribution < 1.29 is 9.59 Å². The van der Waals surface area contributed by atoms with E-state index in [9.17, 15) is 9.59 Å². The van der Waals surface area contributed by atoms with Crippen LogP contribution in [0.15, 0.2) is 42.6 Å². The summed E-state index contributed by atoms with van der Waals surface area (Å²) in [4.78, 5) is 31.0. The van der Waals surface area contributed by atoms with Gasteiger partial charge < -0.3 is 10.2 Å². The molecule has 8 heteroatoms. The fraction of sp³-hybridized carbons (Fsp3) is 0.261. The second-order valence-electron chi connectivity index (χ2n) is 7.79. The van der Waals surface area contributed by atoms with E-state index < -0.39 is 0 Å². The first-order chi connectivity index (χ1) is 14.9. The lowest BCUT2D eigenvalue weighted by molar-refractivity contribution is -0.114. The van der Waals surface area contributed by atoms with Gasteiger partial charge in [0.2, 0.25) is 5.91 Å². The van der Waals surface area contributed by atoms with Gasteiger partial charge in [-0.2, -0.15) is 10.4 Å². The number of carbonyl (C=O) groups is 2. The van der Waals surface area contributed by atoms with Crippen molar-refractivity contribution >= 4 is 17.5 Å². The van der Waals surface area contributed by atoms with Crippen LogP contribution >= 0.6 is 0 Å². The predicted octanol–water partition coefficient (Wildman–Crippen LogP) is 3.30. The molecule has 0 aliphatic carbocycles. The first-order valence-corrected chi connectivity index (χ1v) is 9.98. The minimum absolute atomic E-state index is 0.0190. The minimum atomic E-state index is -0.198. The highest BCUT2D eigenvalue weighted by Gasteiger charge is 2.31. The van der Waals surface area contributed by atoms with E-state index in [1.165, 1.54) is 6.92 Å². The van der Waals surface area contributed by atoms with Crippen molar-refractivity contribution in [2.75, 3.05) is 11.9 Å². The van der Waals surface area contributed by atoms with Gasteiger partial charge in [-0.25, -0.2) is 0 Å². The molecule has 4 rings (SSSR count). The van der Waals surface area contributed by atoms with E-state index in [0.29, 0.717) is 41.4 Å². The van der Waals surface area contributed by atoms with E-state index >= 15 is 0 Å². The van der Waals surface area contributed by atoms with Crippen molar-refractivity contribution in [2.24, 2.45) is 0 Å². The van der Waals surface area contributed by atoms with E-state index in [1.54, 1.807) is 34.0 Å². The van der Waals surface area contributed by atoms with Crippen LogP contribution in [0.3, 0.4) is 0 Å². The number of nitrogens with zero attached hydrogens (tertiary/aromatic N) is 5. The van der Waals surface area contributed by atoms with Gasteiger partial charge in [-0.05, 0) is 49.2 Å². The Hall–Kier alpha value is -3.99. The van der Waals surface area contributed by atoms with Gasteiger partial charge in [0.25, 0.3) is 5.91 Å². The van der Waals surface area contributed by atoms with Gasteiger partial charge in [-0.15, -0.1) is 0 Å². The number of benzene rings is 1. The number of rotatable bonds is 4. The molecule has 0 radical (unpaired) electrons. The predicted molar refractivity (Wildman–Crippen MR) is 115 cm³/mol. The summed E-state index contributed by atoms with van der Waals surface area (Å²) in [6, 6.07) is 12.9. The molecule has 0 spiro atoms. The molecule has 3 heterocycles. The molecule has 0 saturated heterocycles. The summed E-state index contributed by atoms with van der Waals surface area (Å²) in [5.41, 5.74) is 4.58. The lowest BCUT2D eigenvalue weighted by Crippen LogP contribution is -2.41. The lowest BCUT2D eigenvalue weighted by Gasteiger charge is -2.31. The van der Waals surface area contributed by atoms with Crippen LogP contribution in [0, 0.1) is 18.3 Å². The molecule has 0 saturated carbocycles. The number of fused-ring (bicyclic) bond motifs is 1. The van der Waals surface area contributed by atoms with Crippen LogP contribution in [0.5, 0.6) is 0 Å². The molecular formula is C23H22N6O2. The van der Waals surface area contributed by atoms with Crippen molar-refractivity contribution in [1.82, 2.24) is 19.7 Å². The van der Waals surface area contributed by atoms with Crippen molar-refractivity contribution in [3.05, 3.63) is 65.0 Å². The van der Waals surface area contributed by atoms with E-state index in [-0.39, 0.29) is 17.9 Å². The van der Waals surface area contributed by atoms with Crippen LogP contribution in [0.4, 0.5) is 5.69 Å². The third-order valence-corrected chi connectivity index (χ3v) is 5.18. The Kier molecular flexibility index (Phi) is 5.26. The SMILES string of the molecule is CC(=O)Nc1cc(C)cnc1-c1cc2n(n1)C(C)CN(Cc1ccc(C#N)cc1)C2=O. The number of hydrogen-bond donors (Lipinski definition) is 1. The maximum absolute atomic E-state index is 13.2. The standard InChI is InChI=1S/C23H22N6O2/c1-14-8-19(26-16(3)30)22(25-11-14)20-9-21-23(31)28(12-15(2)29(21)27-20)13-18-6-4-17(10-24)5-7-18/h4-9,11,15H,12-13H2,1-3H3,(H,26,30). The highest BCUT2D eigenvalue weighted by atomic mass is 16.2. The zero-order valence-electron chi connectivity index (χ0n) is 17.6. The zero-order chi connectivity index (χ0) is 22.1. The number of pyridine rings is 1.